The van der Waals surface area contributed by atoms with E-state index in [2.05, 4.69) is 21.1 Å². The van der Waals surface area contributed by atoms with Gasteiger partial charge in [-0.3, -0.25) is 4.90 Å². The molecule has 0 radical (unpaired) electrons. The minimum atomic E-state index is -3.60. The van der Waals surface area contributed by atoms with Gasteiger partial charge in [0.15, 0.2) is 0 Å². The molecule has 2 heterocycles. The first-order valence-electron chi connectivity index (χ1n) is 9.08. The van der Waals surface area contributed by atoms with Gasteiger partial charge >= 0.3 is 0 Å². The van der Waals surface area contributed by atoms with E-state index < -0.39 is 10.0 Å². The first-order valence-corrected chi connectivity index (χ1v) is 11.5. The quantitative estimate of drug-likeness (QED) is 0.725. The van der Waals surface area contributed by atoms with Gasteiger partial charge in [0.2, 0.25) is 10.0 Å². The Morgan fingerprint density at radius 3 is 2.70 bits per heavy atom. The molecule has 1 aliphatic rings. The second kappa shape index (κ2) is 9.16. The number of benzene rings is 1. The molecule has 0 spiro atoms. The van der Waals surface area contributed by atoms with E-state index in [4.69, 9.17) is 9.47 Å². The van der Waals surface area contributed by atoms with E-state index in [1.807, 2.05) is 19.2 Å². The van der Waals surface area contributed by atoms with Gasteiger partial charge < -0.3 is 9.47 Å². The summed E-state index contributed by atoms with van der Waals surface area (Å²) >= 11 is 1.62. The molecule has 27 heavy (non-hydrogen) atoms. The van der Waals surface area contributed by atoms with Crippen LogP contribution in [0.15, 0.2) is 39.9 Å². The molecule has 2 aromatic rings. The third-order valence-electron chi connectivity index (χ3n) is 4.64. The number of aryl methyl sites for hydroxylation is 1. The molecule has 1 aromatic heterocycles. The molecule has 1 unspecified atom stereocenters. The van der Waals surface area contributed by atoms with E-state index in [-0.39, 0.29) is 10.9 Å². The zero-order valence-corrected chi connectivity index (χ0v) is 17.3. The fraction of sp³-hybridized carbons (Fsp3) is 0.474. The predicted octanol–water partition coefficient (Wildman–Crippen LogP) is 2.81. The van der Waals surface area contributed by atoms with E-state index in [0.29, 0.717) is 32.1 Å². The van der Waals surface area contributed by atoms with Crippen molar-refractivity contribution in [3.05, 3.63) is 46.2 Å². The zero-order chi connectivity index (χ0) is 19.3. The van der Waals surface area contributed by atoms with Gasteiger partial charge in [-0.2, -0.15) is 11.3 Å². The second-order valence-corrected chi connectivity index (χ2v) is 8.98. The Labute approximate surface area is 165 Å². The lowest BCUT2D eigenvalue weighted by Crippen LogP contribution is -2.43. The highest BCUT2D eigenvalue weighted by Gasteiger charge is 2.25. The smallest absolute Gasteiger partial charge is 0.240 e. The first kappa shape index (κ1) is 20.3. The van der Waals surface area contributed by atoms with Crippen molar-refractivity contribution in [1.29, 1.82) is 0 Å². The van der Waals surface area contributed by atoms with Crippen molar-refractivity contribution in [3.8, 4) is 5.75 Å². The third kappa shape index (κ3) is 5.08. The van der Waals surface area contributed by atoms with Crippen LogP contribution in [-0.2, 0) is 14.8 Å². The highest BCUT2D eigenvalue weighted by Crippen LogP contribution is 2.25. The van der Waals surface area contributed by atoms with Crippen LogP contribution in [0.2, 0.25) is 0 Å². The number of hydrogen-bond donors (Lipinski definition) is 1. The van der Waals surface area contributed by atoms with Crippen molar-refractivity contribution >= 4 is 21.4 Å². The normalized spacial score (nSPS) is 17.0. The van der Waals surface area contributed by atoms with Crippen LogP contribution >= 0.6 is 11.3 Å². The van der Waals surface area contributed by atoms with Crippen LogP contribution in [0.25, 0.3) is 0 Å². The molecular weight excluding hydrogens is 384 g/mol. The number of sulfonamides is 1. The summed E-state index contributed by atoms with van der Waals surface area (Å²) in [5.74, 6) is 0.709. The molecule has 3 rings (SSSR count). The van der Waals surface area contributed by atoms with E-state index in [1.54, 1.807) is 29.5 Å². The van der Waals surface area contributed by atoms with Gasteiger partial charge in [0, 0.05) is 25.7 Å². The Balaban J connectivity index is 1.74. The van der Waals surface area contributed by atoms with Crippen molar-refractivity contribution in [2.45, 2.75) is 24.8 Å². The minimum absolute atomic E-state index is 0.00119. The summed E-state index contributed by atoms with van der Waals surface area (Å²) in [6.45, 7) is 7.57. The third-order valence-corrected chi connectivity index (χ3v) is 6.76. The number of nitrogens with one attached hydrogen (secondary N) is 1. The molecular formula is C19H26N2O4S2. The van der Waals surface area contributed by atoms with Crippen LogP contribution in [0.1, 0.15) is 24.1 Å². The molecule has 1 N–H and O–H groups in total. The molecule has 0 aliphatic carbocycles. The monoisotopic (exact) mass is 410 g/mol. The molecule has 1 atom stereocenters. The summed E-state index contributed by atoms with van der Waals surface area (Å²) in [6.07, 6.45) is 0. The number of hydrogen-bond acceptors (Lipinski definition) is 6. The topological polar surface area (TPSA) is 67.9 Å². The lowest BCUT2D eigenvalue weighted by Gasteiger charge is -2.34. The molecule has 148 valence electrons. The van der Waals surface area contributed by atoms with Crippen molar-refractivity contribution in [2.24, 2.45) is 0 Å². The standard InChI is InChI=1S/C19H26N2O4S2/c1-3-25-19-5-4-17(12-15(19)2)27(22,23)20-13-18(16-6-11-26-14-16)21-7-9-24-10-8-21/h4-6,11-12,14,18,20H,3,7-10,13H2,1-2H3. The van der Waals surface area contributed by atoms with Gasteiger partial charge in [0.1, 0.15) is 5.75 Å². The Morgan fingerprint density at radius 1 is 1.30 bits per heavy atom. The Hall–Kier alpha value is -1.45. The lowest BCUT2D eigenvalue weighted by molar-refractivity contribution is 0.0173. The summed E-state index contributed by atoms with van der Waals surface area (Å²) in [5.41, 5.74) is 1.94. The van der Waals surface area contributed by atoms with Crippen LogP contribution in [0.5, 0.6) is 5.75 Å². The molecule has 6 nitrogen and oxygen atoms in total. The number of rotatable bonds is 8. The fourth-order valence-corrected chi connectivity index (χ4v) is 5.02. The zero-order valence-electron chi connectivity index (χ0n) is 15.7. The van der Waals surface area contributed by atoms with Crippen molar-refractivity contribution in [1.82, 2.24) is 9.62 Å². The van der Waals surface area contributed by atoms with Crippen molar-refractivity contribution in [2.75, 3.05) is 39.5 Å². The predicted molar refractivity (Wildman–Crippen MR) is 107 cm³/mol. The average molecular weight is 411 g/mol. The molecule has 0 bridgehead atoms. The highest BCUT2D eigenvalue weighted by atomic mass is 32.2. The van der Waals surface area contributed by atoms with Crippen molar-refractivity contribution < 1.29 is 17.9 Å². The van der Waals surface area contributed by atoms with Crippen LogP contribution < -0.4 is 9.46 Å². The molecule has 0 amide bonds. The van der Waals surface area contributed by atoms with E-state index in [9.17, 15) is 8.42 Å². The van der Waals surface area contributed by atoms with Crippen LogP contribution in [-0.4, -0.2) is 52.8 Å². The number of nitrogens with zero attached hydrogens (tertiary/aromatic N) is 1. The van der Waals surface area contributed by atoms with Gasteiger partial charge in [-0.05, 0) is 60.0 Å². The molecule has 0 saturated carbocycles. The molecule has 1 saturated heterocycles. The maximum atomic E-state index is 12.8. The van der Waals surface area contributed by atoms with Gasteiger partial charge in [0.05, 0.1) is 24.7 Å². The number of ether oxygens (including phenoxy) is 2. The number of thiophene rings is 1. The maximum absolute atomic E-state index is 12.8. The van der Waals surface area contributed by atoms with E-state index in [0.717, 1.165) is 24.2 Å². The Bertz CT molecular complexity index is 831. The molecule has 1 fully saturated rings. The van der Waals surface area contributed by atoms with Gasteiger partial charge in [-0.15, -0.1) is 0 Å². The first-order chi connectivity index (χ1) is 13.0. The van der Waals surface area contributed by atoms with Crippen molar-refractivity contribution in [3.63, 3.8) is 0 Å². The fourth-order valence-electron chi connectivity index (χ4n) is 3.19. The van der Waals surface area contributed by atoms with Gasteiger partial charge in [-0.25, -0.2) is 13.1 Å². The Morgan fingerprint density at radius 2 is 2.07 bits per heavy atom. The van der Waals surface area contributed by atoms with Crippen LogP contribution in [0, 0.1) is 6.92 Å². The van der Waals surface area contributed by atoms with Gasteiger partial charge in [-0.1, -0.05) is 0 Å². The minimum Gasteiger partial charge on any atom is -0.494 e. The van der Waals surface area contributed by atoms with E-state index >= 15 is 0 Å². The largest absolute Gasteiger partial charge is 0.494 e. The molecule has 1 aromatic carbocycles. The maximum Gasteiger partial charge on any atom is 0.240 e. The highest BCUT2D eigenvalue weighted by molar-refractivity contribution is 7.89. The average Bonchev–Trinajstić information content (AvgIpc) is 3.19. The van der Waals surface area contributed by atoms with Gasteiger partial charge in [0.25, 0.3) is 0 Å². The van der Waals surface area contributed by atoms with Crippen LogP contribution in [0.3, 0.4) is 0 Å². The number of morpholine rings is 1. The summed E-state index contributed by atoms with van der Waals surface area (Å²) in [5, 5.41) is 4.10. The van der Waals surface area contributed by atoms with Crippen LogP contribution in [0.4, 0.5) is 0 Å². The summed E-state index contributed by atoms with van der Waals surface area (Å²) in [7, 11) is -3.60. The Kier molecular flexibility index (Phi) is 6.88. The second-order valence-electron chi connectivity index (χ2n) is 6.43. The van der Waals surface area contributed by atoms with E-state index in [1.165, 1.54) is 0 Å². The SMILES string of the molecule is CCOc1ccc(S(=O)(=O)NCC(c2ccsc2)N2CCOCC2)cc1C. The summed E-state index contributed by atoms with van der Waals surface area (Å²) < 4.78 is 39.4. The lowest BCUT2D eigenvalue weighted by atomic mass is 10.1. The summed E-state index contributed by atoms with van der Waals surface area (Å²) in [4.78, 5) is 2.53. The summed E-state index contributed by atoms with van der Waals surface area (Å²) in [6, 6.07) is 7.01. The molecule has 8 heteroatoms. The molecule has 1 aliphatic heterocycles.